The van der Waals surface area contributed by atoms with Crippen LogP contribution >= 0.6 is 0 Å². The highest BCUT2D eigenvalue weighted by Gasteiger charge is 2.75. The molecule has 2 fully saturated rings. The lowest BCUT2D eigenvalue weighted by Gasteiger charge is -2.27. The maximum Gasteiger partial charge on any atom is 0.407 e. The number of nitrogens with zero attached hydrogens (tertiary/aromatic N) is 1. The number of ether oxygens (including phenoxy) is 1. The van der Waals surface area contributed by atoms with Crippen molar-refractivity contribution in [1.82, 2.24) is 10.2 Å². The molecule has 2 aliphatic rings. The van der Waals surface area contributed by atoms with Crippen LogP contribution in [0.25, 0.3) is 0 Å². The SMILES string of the molecule is CC(C)N1C[C@@]2(C)[C@H](NC(=O)OC(C)(C)C)[C@@]2(C)C1. The van der Waals surface area contributed by atoms with Crippen molar-refractivity contribution in [2.24, 2.45) is 10.8 Å². The van der Waals surface area contributed by atoms with E-state index in [1.54, 1.807) is 0 Å². The van der Waals surface area contributed by atoms with Crippen LogP contribution in [0.15, 0.2) is 0 Å². The van der Waals surface area contributed by atoms with Gasteiger partial charge in [0.15, 0.2) is 0 Å². The summed E-state index contributed by atoms with van der Waals surface area (Å²) < 4.78 is 5.35. The van der Waals surface area contributed by atoms with Gasteiger partial charge in [0.2, 0.25) is 0 Å². The molecule has 19 heavy (non-hydrogen) atoms. The number of nitrogens with one attached hydrogen (secondary N) is 1. The molecular formula is C15H28N2O2. The molecule has 1 aliphatic heterocycles. The average molecular weight is 268 g/mol. The van der Waals surface area contributed by atoms with Crippen molar-refractivity contribution in [2.75, 3.05) is 13.1 Å². The first-order valence-corrected chi connectivity index (χ1v) is 7.23. The molecular weight excluding hydrogens is 240 g/mol. The fraction of sp³-hybridized carbons (Fsp3) is 0.933. The van der Waals surface area contributed by atoms with Gasteiger partial charge >= 0.3 is 6.09 Å². The minimum atomic E-state index is -0.431. The largest absolute Gasteiger partial charge is 0.444 e. The molecule has 1 aliphatic carbocycles. The van der Waals surface area contributed by atoms with E-state index in [1.807, 2.05) is 20.8 Å². The lowest BCUT2D eigenvalue weighted by molar-refractivity contribution is 0.0502. The lowest BCUT2D eigenvalue weighted by atomic mass is 10.0. The Balaban J connectivity index is 1.95. The molecule has 1 heterocycles. The van der Waals surface area contributed by atoms with Crippen molar-refractivity contribution < 1.29 is 9.53 Å². The van der Waals surface area contributed by atoms with Crippen LogP contribution in [0.4, 0.5) is 4.79 Å². The summed E-state index contributed by atoms with van der Waals surface area (Å²) in [6.07, 6.45) is -0.287. The molecule has 0 aromatic carbocycles. The molecule has 1 saturated heterocycles. The van der Waals surface area contributed by atoms with E-state index in [-0.39, 0.29) is 23.0 Å². The van der Waals surface area contributed by atoms with Crippen LogP contribution < -0.4 is 5.32 Å². The van der Waals surface area contributed by atoms with Gasteiger partial charge in [-0.25, -0.2) is 4.79 Å². The molecule has 0 aromatic heterocycles. The minimum Gasteiger partial charge on any atom is -0.444 e. The number of rotatable bonds is 2. The van der Waals surface area contributed by atoms with E-state index in [1.165, 1.54) is 0 Å². The lowest BCUT2D eigenvalue weighted by Crippen LogP contribution is -2.42. The molecule has 0 radical (unpaired) electrons. The second-order valence-corrected chi connectivity index (χ2v) is 7.91. The van der Waals surface area contributed by atoms with E-state index in [9.17, 15) is 4.79 Å². The van der Waals surface area contributed by atoms with Crippen LogP contribution in [0.5, 0.6) is 0 Å². The van der Waals surface area contributed by atoms with E-state index in [2.05, 4.69) is 37.9 Å². The number of hydrogen-bond donors (Lipinski definition) is 1. The van der Waals surface area contributed by atoms with E-state index in [0.717, 1.165) is 13.1 Å². The van der Waals surface area contributed by atoms with Gasteiger partial charge in [-0.3, -0.25) is 4.90 Å². The van der Waals surface area contributed by atoms with Crippen LogP contribution in [-0.2, 0) is 4.74 Å². The highest BCUT2D eigenvalue weighted by atomic mass is 16.6. The van der Waals surface area contributed by atoms with Crippen LogP contribution in [0.1, 0.15) is 48.5 Å². The van der Waals surface area contributed by atoms with Crippen LogP contribution in [0.2, 0.25) is 0 Å². The molecule has 4 heteroatoms. The standard InChI is InChI=1S/C15H28N2O2/c1-10(2)17-8-14(6)11(15(14,7)9-17)16-12(18)19-13(3,4)5/h10-11H,8-9H2,1-7H3,(H,16,18)/t11-,14-,15+. The summed E-state index contributed by atoms with van der Waals surface area (Å²) in [5.74, 6) is 0. The Labute approximate surface area is 116 Å². The normalized spacial score (nSPS) is 38.2. The van der Waals surface area contributed by atoms with Crippen molar-refractivity contribution in [3.63, 3.8) is 0 Å². The fourth-order valence-electron chi connectivity index (χ4n) is 3.51. The number of carbonyl (C=O) groups is 1. The van der Waals surface area contributed by atoms with Gasteiger partial charge in [0.25, 0.3) is 0 Å². The van der Waals surface area contributed by atoms with E-state index in [4.69, 9.17) is 4.74 Å². The third-order valence-corrected chi connectivity index (χ3v) is 4.95. The van der Waals surface area contributed by atoms with Crippen molar-refractivity contribution in [2.45, 2.75) is 66.2 Å². The van der Waals surface area contributed by atoms with Gasteiger partial charge in [-0.05, 0) is 34.6 Å². The average Bonchev–Trinajstić information content (AvgIpc) is 2.49. The second kappa shape index (κ2) is 4.11. The Morgan fingerprint density at radius 1 is 1.26 bits per heavy atom. The molecule has 1 saturated carbocycles. The molecule has 1 amide bonds. The Morgan fingerprint density at radius 2 is 1.74 bits per heavy atom. The van der Waals surface area contributed by atoms with Crippen LogP contribution in [-0.4, -0.2) is 41.8 Å². The predicted molar refractivity (Wildman–Crippen MR) is 76.1 cm³/mol. The summed E-state index contributed by atoms with van der Waals surface area (Å²) in [5, 5.41) is 3.07. The van der Waals surface area contributed by atoms with E-state index in [0.29, 0.717) is 6.04 Å². The first kappa shape index (κ1) is 14.6. The van der Waals surface area contributed by atoms with Gasteiger partial charge in [0.05, 0.1) is 0 Å². The maximum absolute atomic E-state index is 11.9. The maximum atomic E-state index is 11.9. The molecule has 0 spiro atoms. The number of alkyl carbamates (subject to hydrolysis) is 1. The summed E-state index contributed by atoms with van der Waals surface area (Å²) in [4.78, 5) is 14.4. The molecule has 110 valence electrons. The van der Waals surface area contributed by atoms with E-state index >= 15 is 0 Å². The number of likely N-dealkylation sites (tertiary alicyclic amines) is 1. The number of carbonyl (C=O) groups excluding carboxylic acids is 1. The van der Waals surface area contributed by atoms with Crippen LogP contribution in [0.3, 0.4) is 0 Å². The molecule has 4 nitrogen and oxygen atoms in total. The number of fused-ring (bicyclic) bond motifs is 1. The Hall–Kier alpha value is -0.770. The minimum absolute atomic E-state index is 0.189. The third-order valence-electron chi connectivity index (χ3n) is 4.95. The van der Waals surface area contributed by atoms with Crippen molar-refractivity contribution in [3.05, 3.63) is 0 Å². The highest BCUT2D eigenvalue weighted by molar-refractivity contribution is 5.69. The first-order valence-electron chi connectivity index (χ1n) is 7.23. The van der Waals surface area contributed by atoms with Crippen LogP contribution in [0, 0.1) is 10.8 Å². The van der Waals surface area contributed by atoms with Gasteiger partial charge in [-0.2, -0.15) is 0 Å². The summed E-state index contributed by atoms with van der Waals surface area (Å²) in [7, 11) is 0. The van der Waals surface area contributed by atoms with Crippen molar-refractivity contribution >= 4 is 6.09 Å². The van der Waals surface area contributed by atoms with Gasteiger partial charge in [-0.15, -0.1) is 0 Å². The van der Waals surface area contributed by atoms with Gasteiger partial charge in [0.1, 0.15) is 5.60 Å². The summed E-state index contributed by atoms with van der Waals surface area (Å²) in [5.41, 5.74) is -0.0534. The Bertz CT molecular complexity index is 370. The number of piperidine rings is 1. The smallest absolute Gasteiger partial charge is 0.407 e. The zero-order valence-corrected chi connectivity index (χ0v) is 13.3. The topological polar surface area (TPSA) is 41.6 Å². The summed E-state index contributed by atoms with van der Waals surface area (Å²) in [6, 6.07) is 0.813. The van der Waals surface area contributed by atoms with Gasteiger partial charge in [-0.1, -0.05) is 13.8 Å². The Morgan fingerprint density at radius 3 is 2.11 bits per heavy atom. The molecule has 3 atom stereocenters. The molecule has 2 rings (SSSR count). The van der Waals surface area contributed by atoms with Crippen molar-refractivity contribution in [1.29, 1.82) is 0 Å². The highest BCUT2D eigenvalue weighted by Crippen LogP contribution is 2.67. The zero-order valence-electron chi connectivity index (χ0n) is 13.3. The summed E-state index contributed by atoms with van der Waals surface area (Å²) >= 11 is 0. The molecule has 0 bridgehead atoms. The molecule has 0 aromatic rings. The monoisotopic (exact) mass is 268 g/mol. The molecule has 0 unspecified atom stereocenters. The van der Waals surface area contributed by atoms with Gasteiger partial charge in [0, 0.05) is 36.0 Å². The number of amides is 1. The Kier molecular flexibility index (Phi) is 3.17. The predicted octanol–water partition coefficient (Wildman–Crippen LogP) is 2.63. The number of hydrogen-bond acceptors (Lipinski definition) is 3. The molecule has 1 N–H and O–H groups in total. The second-order valence-electron chi connectivity index (χ2n) is 7.91. The summed E-state index contributed by atoms with van der Waals surface area (Å²) in [6.45, 7) is 16.8. The van der Waals surface area contributed by atoms with E-state index < -0.39 is 5.60 Å². The van der Waals surface area contributed by atoms with Gasteiger partial charge < -0.3 is 10.1 Å². The first-order chi connectivity index (χ1) is 8.49. The third kappa shape index (κ3) is 2.35. The van der Waals surface area contributed by atoms with Crippen molar-refractivity contribution in [3.8, 4) is 0 Å². The fourth-order valence-corrected chi connectivity index (χ4v) is 3.51. The quantitative estimate of drug-likeness (QED) is 0.837. The zero-order chi connectivity index (χ0) is 14.6.